The average molecular weight is 490 g/mol. The molecular formula is C22H17F3N4O4S. The predicted octanol–water partition coefficient (Wildman–Crippen LogP) is 4.43. The molecular weight excluding hydrogens is 473 g/mol. The highest BCUT2D eigenvalue weighted by Gasteiger charge is 2.38. The summed E-state index contributed by atoms with van der Waals surface area (Å²) in [5.74, 6) is -1.35. The molecule has 0 atom stereocenters. The van der Waals surface area contributed by atoms with Crippen LogP contribution in [-0.4, -0.2) is 30.8 Å². The Balaban J connectivity index is 2.08. The Labute approximate surface area is 192 Å². The van der Waals surface area contributed by atoms with Crippen molar-refractivity contribution in [3.8, 4) is 17.7 Å². The zero-order chi connectivity index (χ0) is 25.3. The van der Waals surface area contributed by atoms with Crippen LogP contribution in [0.2, 0.25) is 0 Å². The van der Waals surface area contributed by atoms with E-state index >= 15 is 0 Å². The number of alkyl halides is 3. The number of ether oxygens (including phenoxy) is 1. The highest BCUT2D eigenvalue weighted by molar-refractivity contribution is 7.90. The molecule has 0 bridgehead atoms. The molecule has 12 heteroatoms. The quantitative estimate of drug-likeness (QED) is 0.561. The first-order valence-corrected chi connectivity index (χ1v) is 11.4. The Bertz CT molecular complexity index is 1430. The van der Waals surface area contributed by atoms with Crippen molar-refractivity contribution < 1.29 is 31.1 Å². The summed E-state index contributed by atoms with van der Waals surface area (Å²) < 4.78 is 69.5. The fourth-order valence-corrected chi connectivity index (χ4v) is 3.71. The van der Waals surface area contributed by atoms with Crippen molar-refractivity contribution >= 4 is 21.4 Å². The highest BCUT2D eigenvalue weighted by Crippen LogP contribution is 2.35. The van der Waals surface area contributed by atoms with E-state index in [9.17, 15) is 26.4 Å². The van der Waals surface area contributed by atoms with Gasteiger partial charge in [0.15, 0.2) is 15.5 Å². The molecule has 1 heterocycles. The van der Waals surface area contributed by atoms with E-state index in [1.54, 1.807) is 6.92 Å². The van der Waals surface area contributed by atoms with E-state index in [2.05, 4.69) is 15.5 Å². The Hall–Kier alpha value is -3.98. The molecule has 1 aromatic heterocycles. The maximum Gasteiger partial charge on any atom is 0.435 e. The van der Waals surface area contributed by atoms with E-state index in [0.29, 0.717) is 11.1 Å². The first-order valence-electron chi connectivity index (χ1n) is 9.56. The molecule has 34 heavy (non-hydrogen) atoms. The van der Waals surface area contributed by atoms with Gasteiger partial charge in [-0.05, 0) is 61.4 Å². The molecule has 0 aliphatic rings. The topological polar surface area (TPSA) is 122 Å². The second kappa shape index (κ2) is 9.11. The number of hydrogen-bond donors (Lipinski definition) is 1. The smallest absolute Gasteiger partial charge is 0.435 e. The number of aryl methyl sites for hydroxylation is 1. The highest BCUT2D eigenvalue weighted by atomic mass is 32.2. The first kappa shape index (κ1) is 24.7. The van der Waals surface area contributed by atoms with E-state index < -0.39 is 44.6 Å². The zero-order valence-corrected chi connectivity index (χ0v) is 18.9. The minimum atomic E-state index is -4.88. The van der Waals surface area contributed by atoms with E-state index in [1.807, 2.05) is 6.07 Å². The standard InChI is InChI=1S/C22H17F3N4O4S/c1-12-9-14(11-26)7-8-17(12)33-21-18(13(2)19(28-29-21)22(23,24)25)20(30)27-15-5-4-6-16(10-15)34(3,31)32/h4-10H,1-3H3,(H,27,30). The summed E-state index contributed by atoms with van der Waals surface area (Å²) in [5.41, 5.74) is -1.57. The van der Waals surface area contributed by atoms with Gasteiger partial charge >= 0.3 is 6.18 Å². The number of anilines is 1. The van der Waals surface area contributed by atoms with Crippen LogP contribution in [0.3, 0.4) is 0 Å². The lowest BCUT2D eigenvalue weighted by atomic mass is 10.1. The number of sulfone groups is 1. The molecule has 2 aromatic carbocycles. The van der Waals surface area contributed by atoms with E-state index in [1.165, 1.54) is 42.5 Å². The van der Waals surface area contributed by atoms with Crippen molar-refractivity contribution in [1.82, 2.24) is 10.2 Å². The number of nitrogens with zero attached hydrogens (tertiary/aromatic N) is 3. The van der Waals surface area contributed by atoms with Crippen LogP contribution in [0.1, 0.15) is 32.7 Å². The number of nitriles is 1. The molecule has 0 aliphatic heterocycles. The van der Waals surface area contributed by atoms with Gasteiger partial charge < -0.3 is 10.1 Å². The fraction of sp³-hybridized carbons (Fsp3) is 0.182. The molecule has 0 unspecified atom stereocenters. The molecule has 0 saturated carbocycles. The Morgan fingerprint density at radius 3 is 2.41 bits per heavy atom. The molecule has 0 spiro atoms. The molecule has 176 valence electrons. The van der Waals surface area contributed by atoms with Crippen LogP contribution < -0.4 is 10.1 Å². The number of benzene rings is 2. The number of nitrogens with one attached hydrogen (secondary N) is 1. The van der Waals surface area contributed by atoms with E-state index in [-0.39, 0.29) is 16.3 Å². The van der Waals surface area contributed by atoms with Gasteiger partial charge in [-0.15, -0.1) is 10.2 Å². The predicted molar refractivity (Wildman–Crippen MR) is 115 cm³/mol. The lowest BCUT2D eigenvalue weighted by Crippen LogP contribution is -2.21. The van der Waals surface area contributed by atoms with Gasteiger partial charge in [0, 0.05) is 11.9 Å². The molecule has 3 rings (SSSR count). The lowest BCUT2D eigenvalue weighted by Gasteiger charge is -2.16. The van der Waals surface area contributed by atoms with Crippen LogP contribution in [-0.2, 0) is 16.0 Å². The van der Waals surface area contributed by atoms with Gasteiger partial charge in [0.2, 0.25) is 0 Å². The summed E-state index contributed by atoms with van der Waals surface area (Å²) in [6, 6.07) is 11.5. The van der Waals surface area contributed by atoms with Crippen molar-refractivity contribution in [2.24, 2.45) is 0 Å². The first-order chi connectivity index (χ1) is 15.8. The van der Waals surface area contributed by atoms with Gasteiger partial charge in [-0.1, -0.05) is 6.07 Å². The van der Waals surface area contributed by atoms with Crippen molar-refractivity contribution in [3.05, 3.63) is 70.4 Å². The molecule has 0 radical (unpaired) electrons. The van der Waals surface area contributed by atoms with Crippen molar-refractivity contribution in [1.29, 1.82) is 5.26 Å². The second-order valence-corrected chi connectivity index (χ2v) is 9.32. The molecule has 0 fully saturated rings. The number of carbonyl (C=O) groups excluding carboxylic acids is 1. The Morgan fingerprint density at radius 1 is 1.12 bits per heavy atom. The minimum Gasteiger partial charge on any atom is -0.437 e. The number of hydrogen-bond acceptors (Lipinski definition) is 7. The monoisotopic (exact) mass is 490 g/mol. The number of carbonyl (C=O) groups is 1. The van der Waals surface area contributed by atoms with Gasteiger partial charge in [0.1, 0.15) is 11.3 Å². The third-order valence-electron chi connectivity index (χ3n) is 4.71. The third kappa shape index (κ3) is 5.32. The van der Waals surface area contributed by atoms with Crippen molar-refractivity contribution in [3.63, 3.8) is 0 Å². The normalized spacial score (nSPS) is 11.6. The summed E-state index contributed by atoms with van der Waals surface area (Å²) in [7, 11) is -3.59. The molecule has 3 aromatic rings. The number of halogens is 3. The lowest BCUT2D eigenvalue weighted by molar-refractivity contribution is -0.142. The van der Waals surface area contributed by atoms with Gasteiger partial charge in [0.05, 0.1) is 16.5 Å². The van der Waals surface area contributed by atoms with Crippen LogP contribution in [0.15, 0.2) is 47.4 Å². The molecule has 0 aliphatic carbocycles. The van der Waals surface area contributed by atoms with E-state index in [4.69, 9.17) is 10.00 Å². The van der Waals surface area contributed by atoms with E-state index in [0.717, 1.165) is 13.2 Å². The molecule has 0 saturated heterocycles. The molecule has 1 amide bonds. The molecule has 1 N–H and O–H groups in total. The SMILES string of the molecule is Cc1cc(C#N)ccc1Oc1nnc(C(F)(F)F)c(C)c1C(=O)Nc1cccc(S(C)(=O)=O)c1. The number of aromatic nitrogens is 2. The van der Waals surface area contributed by atoms with Crippen LogP contribution in [0.4, 0.5) is 18.9 Å². The number of rotatable bonds is 5. The summed E-state index contributed by atoms with van der Waals surface area (Å²) >= 11 is 0. The van der Waals surface area contributed by atoms with Gasteiger partial charge in [0.25, 0.3) is 11.8 Å². The molecule has 8 nitrogen and oxygen atoms in total. The minimum absolute atomic E-state index is 0.0400. The Kier molecular flexibility index (Phi) is 6.60. The summed E-state index contributed by atoms with van der Waals surface area (Å²) in [6.07, 6.45) is -3.91. The van der Waals surface area contributed by atoms with Crippen LogP contribution in [0.25, 0.3) is 0 Å². The number of amides is 1. The maximum atomic E-state index is 13.4. The fourth-order valence-electron chi connectivity index (χ4n) is 3.04. The summed E-state index contributed by atoms with van der Waals surface area (Å²) in [5, 5.41) is 18.1. The van der Waals surface area contributed by atoms with Crippen molar-refractivity contribution in [2.75, 3.05) is 11.6 Å². The summed E-state index contributed by atoms with van der Waals surface area (Å²) in [6.45, 7) is 2.66. The maximum absolute atomic E-state index is 13.4. The third-order valence-corrected chi connectivity index (χ3v) is 5.82. The van der Waals surface area contributed by atoms with Gasteiger partial charge in [-0.3, -0.25) is 4.79 Å². The van der Waals surface area contributed by atoms with Crippen LogP contribution in [0.5, 0.6) is 11.6 Å². The largest absolute Gasteiger partial charge is 0.437 e. The van der Waals surface area contributed by atoms with Gasteiger partial charge in [-0.2, -0.15) is 18.4 Å². The van der Waals surface area contributed by atoms with Crippen LogP contribution in [0, 0.1) is 25.2 Å². The van der Waals surface area contributed by atoms with Crippen molar-refractivity contribution in [2.45, 2.75) is 24.9 Å². The summed E-state index contributed by atoms with van der Waals surface area (Å²) in [4.78, 5) is 13.0. The average Bonchev–Trinajstić information content (AvgIpc) is 2.73. The Morgan fingerprint density at radius 2 is 1.82 bits per heavy atom. The second-order valence-electron chi connectivity index (χ2n) is 7.30. The zero-order valence-electron chi connectivity index (χ0n) is 18.1. The van der Waals surface area contributed by atoms with Gasteiger partial charge in [-0.25, -0.2) is 8.42 Å². The van der Waals surface area contributed by atoms with Crippen LogP contribution >= 0.6 is 0 Å².